The molecule has 0 aliphatic heterocycles. The van der Waals surface area contributed by atoms with Gasteiger partial charge in [0.15, 0.2) is 0 Å². The van der Waals surface area contributed by atoms with Crippen molar-refractivity contribution in [2.75, 3.05) is 6.61 Å². The average Bonchev–Trinajstić information content (AvgIpc) is 2.56. The first-order chi connectivity index (χ1) is 12.4. The summed E-state index contributed by atoms with van der Waals surface area (Å²) in [6, 6.07) is 3.14. The van der Waals surface area contributed by atoms with Crippen molar-refractivity contribution >= 4 is 46.7 Å². The van der Waals surface area contributed by atoms with Crippen molar-refractivity contribution in [2.45, 2.75) is 64.9 Å². The third-order valence-corrected chi connectivity index (χ3v) is 4.69. The molecule has 0 saturated carbocycles. The van der Waals surface area contributed by atoms with E-state index in [0.29, 0.717) is 40.1 Å². The zero-order valence-corrected chi connectivity index (χ0v) is 17.3. The van der Waals surface area contributed by atoms with Crippen LogP contribution in [0, 0.1) is 0 Å². The number of rotatable bonds is 12. The standard InChI is InChI=1S/C19H25Cl3O4/c1-2-25-18(23)9-7-5-3-4-6-8-10-19(24)26-13-15-16(21)11-14(20)12-17(15)22/h11-12H,2-10,13H2,1H3. The van der Waals surface area contributed by atoms with Gasteiger partial charge in [0.25, 0.3) is 0 Å². The van der Waals surface area contributed by atoms with E-state index in [4.69, 9.17) is 44.3 Å². The third kappa shape index (κ3) is 9.65. The van der Waals surface area contributed by atoms with Crippen molar-refractivity contribution in [3.05, 3.63) is 32.8 Å². The Morgan fingerprint density at radius 1 is 0.808 bits per heavy atom. The van der Waals surface area contributed by atoms with Gasteiger partial charge in [0.2, 0.25) is 0 Å². The van der Waals surface area contributed by atoms with Crippen molar-refractivity contribution in [3.63, 3.8) is 0 Å². The molecule has 0 fully saturated rings. The van der Waals surface area contributed by atoms with E-state index in [1.807, 2.05) is 6.92 Å². The molecule has 0 spiro atoms. The number of carbonyl (C=O) groups is 2. The van der Waals surface area contributed by atoms with Gasteiger partial charge in [-0.25, -0.2) is 0 Å². The summed E-state index contributed by atoms with van der Waals surface area (Å²) >= 11 is 18.0. The first-order valence-corrected chi connectivity index (χ1v) is 10.0. The summed E-state index contributed by atoms with van der Waals surface area (Å²) in [7, 11) is 0. The average molecular weight is 424 g/mol. The number of unbranched alkanes of at least 4 members (excludes halogenated alkanes) is 5. The number of carbonyl (C=O) groups excluding carboxylic acids is 2. The SMILES string of the molecule is CCOC(=O)CCCCCCCCC(=O)OCc1c(Cl)cc(Cl)cc1Cl. The molecule has 0 saturated heterocycles. The number of halogens is 3. The first kappa shape index (κ1) is 23.1. The Morgan fingerprint density at radius 3 is 1.77 bits per heavy atom. The molecule has 1 rings (SSSR count). The van der Waals surface area contributed by atoms with Crippen LogP contribution in [0.1, 0.15) is 63.9 Å². The van der Waals surface area contributed by atoms with Crippen LogP contribution >= 0.6 is 34.8 Å². The fourth-order valence-electron chi connectivity index (χ4n) is 2.41. The van der Waals surface area contributed by atoms with Gasteiger partial charge in [-0.3, -0.25) is 9.59 Å². The van der Waals surface area contributed by atoms with Gasteiger partial charge >= 0.3 is 11.9 Å². The van der Waals surface area contributed by atoms with Crippen LogP contribution in [0.4, 0.5) is 0 Å². The summed E-state index contributed by atoms with van der Waals surface area (Å²) in [6.07, 6.45) is 6.51. The highest BCUT2D eigenvalue weighted by Crippen LogP contribution is 2.29. The van der Waals surface area contributed by atoms with Crippen molar-refractivity contribution in [2.24, 2.45) is 0 Å². The second-order valence-corrected chi connectivity index (χ2v) is 7.19. The van der Waals surface area contributed by atoms with Gasteiger partial charge in [0.05, 0.1) is 16.7 Å². The Bertz CT molecular complexity index is 567. The summed E-state index contributed by atoms with van der Waals surface area (Å²) in [6.45, 7) is 2.29. The van der Waals surface area contributed by atoms with E-state index in [-0.39, 0.29) is 18.5 Å². The molecule has 0 radical (unpaired) electrons. The Balaban J connectivity index is 2.08. The van der Waals surface area contributed by atoms with Crippen LogP contribution in [-0.2, 0) is 25.7 Å². The lowest BCUT2D eigenvalue weighted by Gasteiger charge is -2.09. The van der Waals surface area contributed by atoms with Gasteiger partial charge in [-0.15, -0.1) is 0 Å². The number of benzene rings is 1. The van der Waals surface area contributed by atoms with E-state index in [9.17, 15) is 9.59 Å². The lowest BCUT2D eigenvalue weighted by molar-refractivity contribution is -0.145. The van der Waals surface area contributed by atoms with E-state index in [0.717, 1.165) is 38.5 Å². The highest BCUT2D eigenvalue weighted by atomic mass is 35.5. The van der Waals surface area contributed by atoms with Gasteiger partial charge in [-0.05, 0) is 31.9 Å². The minimum absolute atomic E-state index is 0.0432. The van der Waals surface area contributed by atoms with Gasteiger partial charge in [-0.2, -0.15) is 0 Å². The Kier molecular flexibility index (Phi) is 11.7. The van der Waals surface area contributed by atoms with Crippen molar-refractivity contribution in [3.8, 4) is 0 Å². The summed E-state index contributed by atoms with van der Waals surface area (Å²) < 4.78 is 10.1. The number of ether oxygens (including phenoxy) is 2. The molecule has 0 amide bonds. The Hall–Kier alpha value is -0.970. The van der Waals surface area contributed by atoms with Crippen molar-refractivity contribution < 1.29 is 19.1 Å². The van der Waals surface area contributed by atoms with E-state index < -0.39 is 0 Å². The quantitative estimate of drug-likeness (QED) is 0.289. The lowest BCUT2D eigenvalue weighted by Crippen LogP contribution is -2.05. The maximum absolute atomic E-state index is 11.8. The second-order valence-electron chi connectivity index (χ2n) is 5.94. The molecule has 0 unspecified atom stereocenters. The van der Waals surface area contributed by atoms with E-state index in [1.165, 1.54) is 0 Å². The molecule has 0 heterocycles. The fraction of sp³-hybridized carbons (Fsp3) is 0.579. The molecule has 4 nitrogen and oxygen atoms in total. The van der Waals surface area contributed by atoms with Gasteiger partial charge in [0, 0.05) is 23.4 Å². The summed E-state index contributed by atoms with van der Waals surface area (Å²) in [5, 5.41) is 1.22. The zero-order chi connectivity index (χ0) is 19.4. The normalized spacial score (nSPS) is 10.6. The number of hydrogen-bond donors (Lipinski definition) is 0. The highest BCUT2D eigenvalue weighted by Gasteiger charge is 2.11. The number of esters is 2. The van der Waals surface area contributed by atoms with Gasteiger partial charge < -0.3 is 9.47 Å². The van der Waals surface area contributed by atoms with Crippen molar-refractivity contribution in [1.29, 1.82) is 0 Å². The van der Waals surface area contributed by atoms with Gasteiger partial charge in [0.1, 0.15) is 6.61 Å². The Labute approximate surface area is 170 Å². The molecule has 0 aliphatic carbocycles. The molecule has 1 aromatic rings. The van der Waals surface area contributed by atoms with Crippen LogP contribution in [0.5, 0.6) is 0 Å². The predicted octanol–water partition coefficient (Wildman–Crippen LogP) is 6.37. The molecular weight excluding hydrogens is 399 g/mol. The molecule has 146 valence electrons. The summed E-state index contributed by atoms with van der Waals surface area (Å²) in [5.41, 5.74) is 0.563. The second kappa shape index (κ2) is 13.2. The maximum Gasteiger partial charge on any atom is 0.306 e. The molecule has 7 heteroatoms. The molecular formula is C19H25Cl3O4. The van der Waals surface area contributed by atoms with Crippen LogP contribution in [0.25, 0.3) is 0 Å². The molecule has 0 aromatic heterocycles. The fourth-order valence-corrected chi connectivity index (χ4v) is 3.34. The smallest absolute Gasteiger partial charge is 0.306 e. The number of hydrogen-bond acceptors (Lipinski definition) is 4. The molecule has 0 N–H and O–H groups in total. The van der Waals surface area contributed by atoms with E-state index in [1.54, 1.807) is 12.1 Å². The molecule has 0 bridgehead atoms. The van der Waals surface area contributed by atoms with Crippen LogP contribution in [0.3, 0.4) is 0 Å². The van der Waals surface area contributed by atoms with Crippen molar-refractivity contribution in [1.82, 2.24) is 0 Å². The maximum atomic E-state index is 11.8. The topological polar surface area (TPSA) is 52.6 Å². The van der Waals surface area contributed by atoms with E-state index >= 15 is 0 Å². The Morgan fingerprint density at radius 2 is 1.27 bits per heavy atom. The minimum atomic E-state index is -0.269. The van der Waals surface area contributed by atoms with Crippen LogP contribution in [0.15, 0.2) is 12.1 Å². The molecule has 26 heavy (non-hydrogen) atoms. The van der Waals surface area contributed by atoms with Crippen LogP contribution < -0.4 is 0 Å². The molecule has 0 aliphatic rings. The third-order valence-electron chi connectivity index (χ3n) is 3.80. The lowest BCUT2D eigenvalue weighted by atomic mass is 10.1. The van der Waals surface area contributed by atoms with Crippen LogP contribution in [0.2, 0.25) is 15.1 Å². The summed E-state index contributed by atoms with van der Waals surface area (Å²) in [4.78, 5) is 23.0. The van der Waals surface area contributed by atoms with Crippen LogP contribution in [-0.4, -0.2) is 18.5 Å². The monoisotopic (exact) mass is 422 g/mol. The first-order valence-electron chi connectivity index (χ1n) is 8.88. The minimum Gasteiger partial charge on any atom is -0.466 e. The van der Waals surface area contributed by atoms with Gasteiger partial charge in [-0.1, -0.05) is 60.5 Å². The molecule has 0 atom stereocenters. The predicted molar refractivity (Wildman–Crippen MR) is 105 cm³/mol. The zero-order valence-electron chi connectivity index (χ0n) is 15.0. The van der Waals surface area contributed by atoms with E-state index in [2.05, 4.69) is 0 Å². The highest BCUT2D eigenvalue weighted by molar-refractivity contribution is 6.39. The molecule has 1 aromatic carbocycles. The summed E-state index contributed by atoms with van der Waals surface area (Å²) in [5.74, 6) is -0.398. The largest absolute Gasteiger partial charge is 0.466 e.